The summed E-state index contributed by atoms with van der Waals surface area (Å²) in [5, 5.41) is 3.69. The summed E-state index contributed by atoms with van der Waals surface area (Å²) in [6, 6.07) is 2.73. The molecule has 1 aromatic heterocycles. The van der Waals surface area contributed by atoms with Gasteiger partial charge in [0.1, 0.15) is 4.90 Å². The first-order valence-corrected chi connectivity index (χ1v) is 9.76. The van der Waals surface area contributed by atoms with Gasteiger partial charge in [-0.3, -0.25) is 4.79 Å². The Kier molecular flexibility index (Phi) is 4.40. The number of ketones is 1. The molecule has 6 nitrogen and oxygen atoms in total. The van der Waals surface area contributed by atoms with Gasteiger partial charge in [-0.1, -0.05) is 16.8 Å². The van der Waals surface area contributed by atoms with E-state index in [2.05, 4.69) is 5.16 Å². The summed E-state index contributed by atoms with van der Waals surface area (Å²) in [4.78, 5) is 12.8. The third-order valence-corrected chi connectivity index (χ3v) is 5.28. The van der Waals surface area contributed by atoms with E-state index in [4.69, 9.17) is 20.9 Å². The Morgan fingerprint density at radius 2 is 2.08 bits per heavy atom. The standard InChI is InChI=1S/C16H16ClNO5S/c1-3-22-16-12(24(2,20)21)7-6-10(13(16)17)14(19)11-8-18-23-15(11)9-4-5-9/h6-9H,3-5H2,1-2H3. The fourth-order valence-corrected chi connectivity index (χ4v) is 3.66. The third-order valence-electron chi connectivity index (χ3n) is 3.78. The highest BCUT2D eigenvalue weighted by Crippen LogP contribution is 2.43. The third kappa shape index (κ3) is 3.06. The van der Waals surface area contributed by atoms with Crippen molar-refractivity contribution >= 4 is 27.2 Å². The fourth-order valence-electron chi connectivity index (χ4n) is 2.49. The molecular formula is C16H16ClNO5S. The lowest BCUT2D eigenvalue weighted by Gasteiger charge is -2.13. The van der Waals surface area contributed by atoms with Gasteiger partial charge in [0.05, 0.1) is 23.4 Å². The van der Waals surface area contributed by atoms with Crippen molar-refractivity contribution in [3.8, 4) is 5.75 Å². The largest absolute Gasteiger partial charge is 0.491 e. The molecule has 8 heteroatoms. The summed E-state index contributed by atoms with van der Waals surface area (Å²) in [5.41, 5.74) is 0.520. The summed E-state index contributed by atoms with van der Waals surface area (Å²) >= 11 is 6.30. The fraction of sp³-hybridized carbons (Fsp3) is 0.375. The van der Waals surface area contributed by atoms with Crippen LogP contribution < -0.4 is 4.74 Å². The molecule has 0 unspecified atom stereocenters. The van der Waals surface area contributed by atoms with Gasteiger partial charge in [0, 0.05) is 17.7 Å². The first-order chi connectivity index (χ1) is 11.3. The van der Waals surface area contributed by atoms with E-state index < -0.39 is 9.84 Å². The zero-order chi connectivity index (χ0) is 17.5. The number of carbonyl (C=O) groups is 1. The number of halogens is 1. The smallest absolute Gasteiger partial charge is 0.199 e. The van der Waals surface area contributed by atoms with Crippen molar-refractivity contribution in [2.24, 2.45) is 0 Å². The van der Waals surface area contributed by atoms with Crippen molar-refractivity contribution in [1.29, 1.82) is 0 Å². The molecule has 0 bridgehead atoms. The first-order valence-electron chi connectivity index (χ1n) is 7.49. The monoisotopic (exact) mass is 369 g/mol. The molecule has 1 aliphatic carbocycles. The van der Waals surface area contributed by atoms with Crippen LogP contribution in [0.1, 0.15) is 47.4 Å². The van der Waals surface area contributed by atoms with Crippen LogP contribution in [0, 0.1) is 0 Å². The summed E-state index contributed by atoms with van der Waals surface area (Å²) < 4.78 is 34.4. The van der Waals surface area contributed by atoms with Gasteiger partial charge in [0.2, 0.25) is 0 Å². The van der Waals surface area contributed by atoms with Crippen molar-refractivity contribution in [1.82, 2.24) is 5.16 Å². The van der Waals surface area contributed by atoms with Gasteiger partial charge in [-0.25, -0.2) is 8.42 Å². The maximum absolute atomic E-state index is 12.8. The second kappa shape index (κ2) is 6.22. The highest BCUT2D eigenvalue weighted by atomic mass is 35.5. The minimum atomic E-state index is -3.54. The van der Waals surface area contributed by atoms with E-state index in [1.165, 1.54) is 18.3 Å². The highest BCUT2D eigenvalue weighted by Gasteiger charge is 2.34. The van der Waals surface area contributed by atoms with Gasteiger partial charge in [0.15, 0.2) is 27.1 Å². The minimum Gasteiger partial charge on any atom is -0.491 e. The van der Waals surface area contributed by atoms with Crippen LogP contribution in [0.4, 0.5) is 0 Å². The van der Waals surface area contributed by atoms with E-state index >= 15 is 0 Å². The molecule has 1 saturated carbocycles. The molecule has 2 aromatic rings. The Morgan fingerprint density at radius 1 is 1.38 bits per heavy atom. The average molecular weight is 370 g/mol. The Hall–Kier alpha value is -1.86. The van der Waals surface area contributed by atoms with E-state index in [9.17, 15) is 13.2 Å². The molecule has 3 rings (SSSR count). The van der Waals surface area contributed by atoms with Gasteiger partial charge < -0.3 is 9.26 Å². The normalized spacial score (nSPS) is 14.6. The number of hydrogen-bond acceptors (Lipinski definition) is 6. The topological polar surface area (TPSA) is 86.5 Å². The van der Waals surface area contributed by atoms with Crippen LogP contribution >= 0.6 is 11.6 Å². The Morgan fingerprint density at radius 3 is 2.67 bits per heavy atom. The number of nitrogens with zero attached hydrogens (tertiary/aromatic N) is 1. The van der Waals surface area contributed by atoms with Gasteiger partial charge in [-0.05, 0) is 31.9 Å². The number of sulfone groups is 1. The van der Waals surface area contributed by atoms with Crippen LogP contribution in [0.2, 0.25) is 5.02 Å². The molecule has 0 aliphatic heterocycles. The summed E-state index contributed by atoms with van der Waals surface area (Å²) in [5.74, 6) is 0.411. The van der Waals surface area contributed by atoms with Gasteiger partial charge in [0.25, 0.3) is 0 Å². The maximum Gasteiger partial charge on any atom is 0.199 e. The molecule has 0 N–H and O–H groups in total. The summed E-state index contributed by atoms with van der Waals surface area (Å²) in [6.45, 7) is 1.93. The van der Waals surface area contributed by atoms with Crippen LogP contribution in [-0.4, -0.2) is 32.2 Å². The zero-order valence-electron chi connectivity index (χ0n) is 13.2. The molecule has 0 atom stereocenters. The molecular weight excluding hydrogens is 354 g/mol. The second-order valence-electron chi connectivity index (χ2n) is 5.67. The van der Waals surface area contributed by atoms with Crippen molar-refractivity contribution < 1.29 is 22.5 Å². The molecule has 0 radical (unpaired) electrons. The quantitative estimate of drug-likeness (QED) is 0.726. The lowest BCUT2D eigenvalue weighted by molar-refractivity contribution is 0.103. The zero-order valence-corrected chi connectivity index (χ0v) is 14.8. The van der Waals surface area contributed by atoms with Crippen molar-refractivity contribution in [3.05, 3.63) is 40.2 Å². The van der Waals surface area contributed by atoms with Crippen molar-refractivity contribution in [2.75, 3.05) is 12.9 Å². The molecule has 24 heavy (non-hydrogen) atoms. The number of aromatic nitrogens is 1. The summed E-state index contributed by atoms with van der Waals surface area (Å²) in [6.07, 6.45) is 4.35. The van der Waals surface area contributed by atoms with Crippen molar-refractivity contribution in [3.63, 3.8) is 0 Å². The molecule has 1 aliphatic rings. The number of ether oxygens (including phenoxy) is 1. The van der Waals surface area contributed by atoms with Crippen molar-refractivity contribution in [2.45, 2.75) is 30.6 Å². The maximum atomic E-state index is 12.8. The Balaban J connectivity index is 2.09. The van der Waals surface area contributed by atoms with Crippen LogP contribution in [0.5, 0.6) is 5.75 Å². The average Bonchev–Trinajstić information content (AvgIpc) is 3.24. The number of carbonyl (C=O) groups excluding carboxylic acids is 1. The van der Waals surface area contributed by atoms with Gasteiger partial charge >= 0.3 is 0 Å². The Labute approximate surface area is 144 Å². The van der Waals surface area contributed by atoms with Crippen LogP contribution in [0.3, 0.4) is 0 Å². The lowest BCUT2D eigenvalue weighted by Crippen LogP contribution is -2.09. The molecule has 1 fully saturated rings. The van der Waals surface area contributed by atoms with E-state index in [1.54, 1.807) is 6.92 Å². The number of rotatable bonds is 6. The molecule has 128 valence electrons. The molecule has 0 amide bonds. The number of benzene rings is 1. The van der Waals surface area contributed by atoms with Crippen LogP contribution in [0.15, 0.2) is 27.7 Å². The highest BCUT2D eigenvalue weighted by molar-refractivity contribution is 7.90. The second-order valence-corrected chi connectivity index (χ2v) is 8.03. The minimum absolute atomic E-state index is 0.00283. The Bertz CT molecular complexity index is 899. The summed E-state index contributed by atoms with van der Waals surface area (Å²) in [7, 11) is -3.54. The lowest BCUT2D eigenvalue weighted by atomic mass is 10.0. The predicted molar refractivity (Wildman–Crippen MR) is 87.6 cm³/mol. The van der Waals surface area contributed by atoms with Gasteiger partial charge in [-0.15, -0.1) is 0 Å². The van der Waals surface area contributed by atoms with E-state index in [0.29, 0.717) is 11.3 Å². The van der Waals surface area contributed by atoms with E-state index in [-0.39, 0.29) is 39.5 Å². The van der Waals surface area contributed by atoms with Crippen LogP contribution in [0.25, 0.3) is 0 Å². The number of hydrogen-bond donors (Lipinski definition) is 0. The first kappa shape index (κ1) is 17.0. The van der Waals surface area contributed by atoms with Crippen LogP contribution in [-0.2, 0) is 9.84 Å². The molecule has 1 aromatic carbocycles. The molecule has 0 saturated heterocycles. The van der Waals surface area contributed by atoms with Gasteiger partial charge in [-0.2, -0.15) is 0 Å². The SMILES string of the molecule is CCOc1c(S(C)(=O)=O)ccc(C(=O)c2cnoc2C2CC2)c1Cl. The van der Waals surface area contributed by atoms with E-state index in [0.717, 1.165) is 19.1 Å². The van der Waals surface area contributed by atoms with E-state index in [1.807, 2.05) is 0 Å². The molecule has 0 spiro atoms. The molecule has 1 heterocycles. The predicted octanol–water partition coefficient (Wildman–Crippen LogP) is 3.24.